The molecule has 2 aliphatic carbocycles. The van der Waals surface area contributed by atoms with Gasteiger partial charge >= 0.3 is 0 Å². The molecule has 1 nitrogen and oxygen atoms in total. The van der Waals surface area contributed by atoms with Gasteiger partial charge < -0.3 is 5.73 Å². The highest BCUT2D eigenvalue weighted by atomic mass is 14.7. The number of nitrogens with two attached hydrogens (primary N) is 1. The molecule has 0 aromatic carbocycles. The zero-order chi connectivity index (χ0) is 13.7. The van der Waals surface area contributed by atoms with Gasteiger partial charge in [-0.25, -0.2) is 0 Å². The molecule has 19 heavy (non-hydrogen) atoms. The van der Waals surface area contributed by atoms with Crippen LogP contribution in [0.5, 0.6) is 0 Å². The van der Waals surface area contributed by atoms with Gasteiger partial charge in [-0.1, -0.05) is 51.2 Å². The Morgan fingerprint density at radius 3 is 2.42 bits per heavy atom. The van der Waals surface area contributed by atoms with Gasteiger partial charge in [-0.15, -0.1) is 0 Å². The van der Waals surface area contributed by atoms with Crippen molar-refractivity contribution in [3.05, 3.63) is 11.6 Å². The second-order valence-corrected chi connectivity index (χ2v) is 7.38. The minimum absolute atomic E-state index is 0.343. The molecule has 0 bridgehead atoms. The molecular weight excluding hydrogens is 230 g/mol. The Morgan fingerprint density at radius 1 is 1.05 bits per heavy atom. The second kappa shape index (κ2) is 6.92. The van der Waals surface area contributed by atoms with Gasteiger partial charge in [0.1, 0.15) is 0 Å². The third-order valence-corrected chi connectivity index (χ3v) is 5.30. The molecule has 2 aliphatic rings. The van der Waals surface area contributed by atoms with Crippen molar-refractivity contribution in [2.24, 2.45) is 17.1 Å². The Balaban J connectivity index is 2.11. The van der Waals surface area contributed by atoms with E-state index in [0.717, 1.165) is 5.92 Å². The Kier molecular flexibility index (Phi) is 5.50. The fraction of sp³-hybridized carbons (Fsp3) is 0.889. The lowest BCUT2D eigenvalue weighted by Crippen LogP contribution is -2.42. The normalized spacial score (nSPS) is 25.8. The Labute approximate surface area is 120 Å². The minimum Gasteiger partial charge on any atom is -0.324 e. The third kappa shape index (κ3) is 3.84. The lowest BCUT2D eigenvalue weighted by molar-refractivity contribution is 0.198. The van der Waals surface area contributed by atoms with Crippen molar-refractivity contribution in [2.75, 3.05) is 0 Å². The number of hydrogen-bond donors (Lipinski definition) is 1. The average molecular weight is 263 g/mol. The highest BCUT2D eigenvalue weighted by Crippen LogP contribution is 2.47. The molecule has 1 saturated carbocycles. The third-order valence-electron chi connectivity index (χ3n) is 5.30. The van der Waals surface area contributed by atoms with Gasteiger partial charge in [-0.3, -0.25) is 0 Å². The summed E-state index contributed by atoms with van der Waals surface area (Å²) in [5.41, 5.74) is 8.82. The molecule has 0 spiro atoms. The molecule has 1 heteroatoms. The van der Waals surface area contributed by atoms with Crippen molar-refractivity contribution in [3.63, 3.8) is 0 Å². The Bertz CT molecular complexity index is 297. The van der Waals surface area contributed by atoms with Crippen molar-refractivity contribution in [1.82, 2.24) is 0 Å². The summed E-state index contributed by atoms with van der Waals surface area (Å²) >= 11 is 0. The summed E-state index contributed by atoms with van der Waals surface area (Å²) < 4.78 is 0. The van der Waals surface area contributed by atoms with E-state index < -0.39 is 0 Å². The van der Waals surface area contributed by atoms with E-state index in [-0.39, 0.29) is 0 Å². The standard InChI is InChI=1S/C18H33N/c1-15(2)14-18(12-8-9-13-18)17(19)16-10-6-4-3-5-7-11-16/h10,15,17H,3-9,11-14,19H2,1-2H3. The predicted molar refractivity (Wildman–Crippen MR) is 84.1 cm³/mol. The number of allylic oxidation sites excluding steroid dienone is 1. The van der Waals surface area contributed by atoms with Crippen LogP contribution in [0.1, 0.15) is 84.5 Å². The van der Waals surface area contributed by atoms with Crippen molar-refractivity contribution in [3.8, 4) is 0 Å². The van der Waals surface area contributed by atoms with Crippen LogP contribution in [0.3, 0.4) is 0 Å². The summed E-state index contributed by atoms with van der Waals surface area (Å²) in [4.78, 5) is 0. The fourth-order valence-corrected chi connectivity index (χ4v) is 4.43. The van der Waals surface area contributed by atoms with E-state index in [4.69, 9.17) is 5.73 Å². The monoisotopic (exact) mass is 263 g/mol. The minimum atomic E-state index is 0.343. The van der Waals surface area contributed by atoms with Gasteiger partial charge in [0, 0.05) is 6.04 Å². The Morgan fingerprint density at radius 2 is 1.74 bits per heavy atom. The summed E-state index contributed by atoms with van der Waals surface area (Å²) in [5, 5.41) is 0. The SMILES string of the molecule is CC(C)CC1(C(N)C2=CCCCCCC2)CCCC1. The highest BCUT2D eigenvalue weighted by Gasteiger charge is 2.40. The molecule has 0 heterocycles. The van der Waals surface area contributed by atoms with E-state index in [1.165, 1.54) is 70.6 Å². The fourth-order valence-electron chi connectivity index (χ4n) is 4.43. The first-order valence-electron chi connectivity index (χ1n) is 8.58. The maximum Gasteiger partial charge on any atom is 0.0311 e. The molecule has 1 fully saturated rings. The summed E-state index contributed by atoms with van der Waals surface area (Å²) in [5.74, 6) is 0.776. The van der Waals surface area contributed by atoms with Crippen LogP contribution in [0.15, 0.2) is 11.6 Å². The topological polar surface area (TPSA) is 26.0 Å². The zero-order valence-electron chi connectivity index (χ0n) is 13.1. The molecule has 0 aliphatic heterocycles. The molecule has 1 atom stereocenters. The van der Waals surface area contributed by atoms with E-state index in [9.17, 15) is 0 Å². The first-order chi connectivity index (χ1) is 9.14. The van der Waals surface area contributed by atoms with Crippen LogP contribution in [-0.4, -0.2) is 6.04 Å². The zero-order valence-corrected chi connectivity index (χ0v) is 13.1. The van der Waals surface area contributed by atoms with E-state index in [1.807, 2.05) is 0 Å². The summed E-state index contributed by atoms with van der Waals surface area (Å²) in [6.45, 7) is 4.72. The molecule has 0 aromatic heterocycles. The lowest BCUT2D eigenvalue weighted by Gasteiger charge is -2.39. The molecule has 0 saturated heterocycles. The van der Waals surface area contributed by atoms with Crippen molar-refractivity contribution in [2.45, 2.75) is 90.5 Å². The molecular formula is C18H33N. The van der Waals surface area contributed by atoms with E-state index in [2.05, 4.69) is 19.9 Å². The van der Waals surface area contributed by atoms with Gasteiger partial charge in [0.2, 0.25) is 0 Å². The van der Waals surface area contributed by atoms with E-state index >= 15 is 0 Å². The van der Waals surface area contributed by atoms with Gasteiger partial charge in [-0.2, -0.15) is 0 Å². The van der Waals surface area contributed by atoms with Crippen molar-refractivity contribution in [1.29, 1.82) is 0 Å². The smallest absolute Gasteiger partial charge is 0.0311 e. The van der Waals surface area contributed by atoms with Gasteiger partial charge in [0.25, 0.3) is 0 Å². The van der Waals surface area contributed by atoms with E-state index in [1.54, 1.807) is 5.57 Å². The van der Waals surface area contributed by atoms with Gasteiger partial charge in [0.05, 0.1) is 0 Å². The van der Waals surface area contributed by atoms with E-state index in [0.29, 0.717) is 11.5 Å². The maximum atomic E-state index is 6.79. The molecule has 0 amide bonds. The van der Waals surface area contributed by atoms with Crippen LogP contribution in [0.2, 0.25) is 0 Å². The molecule has 2 rings (SSSR count). The number of rotatable bonds is 4. The summed E-state index contributed by atoms with van der Waals surface area (Å²) in [6.07, 6.45) is 17.4. The predicted octanol–water partition coefficient (Wildman–Crippen LogP) is 5.20. The lowest BCUT2D eigenvalue weighted by atomic mass is 9.69. The average Bonchev–Trinajstić information content (AvgIpc) is 2.76. The van der Waals surface area contributed by atoms with Crippen molar-refractivity contribution < 1.29 is 0 Å². The first kappa shape index (κ1) is 15.1. The highest BCUT2D eigenvalue weighted by molar-refractivity contribution is 5.17. The van der Waals surface area contributed by atoms with Crippen LogP contribution in [0.25, 0.3) is 0 Å². The first-order valence-corrected chi connectivity index (χ1v) is 8.58. The van der Waals surface area contributed by atoms with Crippen LogP contribution < -0.4 is 5.73 Å². The molecule has 0 aromatic rings. The van der Waals surface area contributed by atoms with Crippen LogP contribution in [0.4, 0.5) is 0 Å². The number of hydrogen-bond acceptors (Lipinski definition) is 1. The quantitative estimate of drug-likeness (QED) is 0.693. The molecule has 0 radical (unpaired) electrons. The van der Waals surface area contributed by atoms with Crippen molar-refractivity contribution >= 4 is 0 Å². The van der Waals surface area contributed by atoms with Gasteiger partial charge in [0.15, 0.2) is 0 Å². The largest absolute Gasteiger partial charge is 0.324 e. The summed E-state index contributed by atoms with van der Waals surface area (Å²) in [7, 11) is 0. The van der Waals surface area contributed by atoms with Gasteiger partial charge in [-0.05, 0) is 56.3 Å². The van der Waals surface area contributed by atoms with Crippen LogP contribution in [-0.2, 0) is 0 Å². The molecule has 110 valence electrons. The molecule has 2 N–H and O–H groups in total. The van der Waals surface area contributed by atoms with Crippen LogP contribution in [0, 0.1) is 11.3 Å². The second-order valence-electron chi connectivity index (χ2n) is 7.38. The van der Waals surface area contributed by atoms with Crippen LogP contribution >= 0.6 is 0 Å². The summed E-state index contributed by atoms with van der Waals surface area (Å²) in [6, 6.07) is 0.343. The molecule has 1 unspecified atom stereocenters. The maximum absolute atomic E-state index is 6.79. The Hall–Kier alpha value is -0.300.